The van der Waals surface area contributed by atoms with Gasteiger partial charge in [0.05, 0.1) is 13.2 Å². The van der Waals surface area contributed by atoms with E-state index in [1.807, 2.05) is 17.5 Å². The fourth-order valence-corrected chi connectivity index (χ4v) is 4.24. The van der Waals surface area contributed by atoms with E-state index in [1.54, 1.807) is 34.9 Å². The van der Waals surface area contributed by atoms with Crippen LogP contribution in [0.5, 0.6) is 0 Å². The molecule has 1 aromatic heterocycles. The van der Waals surface area contributed by atoms with Crippen LogP contribution in [-0.2, 0) is 20.7 Å². The highest BCUT2D eigenvalue weighted by molar-refractivity contribution is 7.99. The monoisotopic (exact) mass is 385 g/mol. The number of thioether (sulfide) groups is 1. The second-order valence-corrected chi connectivity index (χ2v) is 7.63. The van der Waals surface area contributed by atoms with E-state index in [4.69, 9.17) is 4.74 Å². The number of rotatable bonds is 7. The molecule has 7 nitrogen and oxygen atoms in total. The molecular formula is C16H23N3O4S2. The molecule has 0 radical (unpaired) electrons. The lowest BCUT2D eigenvalue weighted by molar-refractivity contribution is -0.149. The molecule has 2 rings (SSSR count). The maximum atomic E-state index is 12.1. The van der Waals surface area contributed by atoms with E-state index in [9.17, 15) is 14.4 Å². The second-order valence-electron chi connectivity index (χ2n) is 5.45. The van der Waals surface area contributed by atoms with E-state index in [0.29, 0.717) is 25.4 Å². The Kier molecular flexibility index (Phi) is 8.23. The lowest BCUT2D eigenvalue weighted by Crippen LogP contribution is -2.53. The van der Waals surface area contributed by atoms with Crippen molar-refractivity contribution in [2.45, 2.75) is 19.4 Å². The van der Waals surface area contributed by atoms with Crippen molar-refractivity contribution in [2.75, 3.05) is 37.7 Å². The number of thiophene rings is 1. The number of amides is 3. The molecule has 9 heteroatoms. The molecule has 1 saturated heterocycles. The first kappa shape index (κ1) is 19.7. The molecule has 1 aliphatic rings. The second kappa shape index (κ2) is 10.4. The van der Waals surface area contributed by atoms with E-state index in [0.717, 1.165) is 12.2 Å². The van der Waals surface area contributed by atoms with Crippen LogP contribution in [0.25, 0.3) is 0 Å². The van der Waals surface area contributed by atoms with E-state index in [-0.39, 0.29) is 12.5 Å². The van der Waals surface area contributed by atoms with Crippen LogP contribution < -0.4 is 10.6 Å². The normalized spacial score (nSPS) is 17.7. The summed E-state index contributed by atoms with van der Waals surface area (Å²) in [6.07, 6.45) is 0.730. The van der Waals surface area contributed by atoms with Crippen molar-refractivity contribution >= 4 is 41.0 Å². The largest absolute Gasteiger partial charge is 0.465 e. The van der Waals surface area contributed by atoms with Gasteiger partial charge in [-0.05, 0) is 24.8 Å². The zero-order valence-corrected chi connectivity index (χ0v) is 15.8. The molecule has 1 atom stereocenters. The van der Waals surface area contributed by atoms with Gasteiger partial charge < -0.3 is 10.1 Å². The summed E-state index contributed by atoms with van der Waals surface area (Å²) < 4.78 is 5.06. The van der Waals surface area contributed by atoms with Crippen molar-refractivity contribution < 1.29 is 19.1 Å². The third kappa shape index (κ3) is 6.68. The fourth-order valence-electron chi connectivity index (χ4n) is 2.43. The number of nitrogens with zero attached hydrogens (tertiary/aromatic N) is 1. The number of esters is 1. The van der Waals surface area contributed by atoms with Gasteiger partial charge in [0.15, 0.2) is 0 Å². The van der Waals surface area contributed by atoms with Crippen LogP contribution in [0.4, 0.5) is 4.79 Å². The maximum Gasteiger partial charge on any atom is 0.324 e. The number of hydrogen-bond acceptors (Lipinski definition) is 7. The summed E-state index contributed by atoms with van der Waals surface area (Å²) in [6.45, 7) is 3.15. The van der Waals surface area contributed by atoms with Gasteiger partial charge in [0.25, 0.3) is 0 Å². The summed E-state index contributed by atoms with van der Waals surface area (Å²) in [4.78, 5) is 38.8. The standard InChI is InChI=1S/C16H23N3O4S2/c1-2-23-15(21)13-11-24-9-7-19(13)10-14(20)18-16(22)17-6-5-12-4-3-8-25-12/h3-4,8,13H,2,5-7,9-11H2,1H3,(H2,17,18,20,22)/t13-/m1/s1. The average Bonchev–Trinajstić information content (AvgIpc) is 3.08. The lowest BCUT2D eigenvalue weighted by Gasteiger charge is -2.32. The predicted octanol–water partition coefficient (Wildman–Crippen LogP) is 1.10. The average molecular weight is 386 g/mol. The van der Waals surface area contributed by atoms with Crippen LogP contribution >= 0.6 is 23.1 Å². The predicted molar refractivity (Wildman–Crippen MR) is 98.9 cm³/mol. The Morgan fingerprint density at radius 1 is 1.40 bits per heavy atom. The van der Waals surface area contributed by atoms with Crippen LogP contribution in [0.15, 0.2) is 17.5 Å². The number of nitrogens with one attached hydrogen (secondary N) is 2. The van der Waals surface area contributed by atoms with Crippen LogP contribution in [0.2, 0.25) is 0 Å². The minimum Gasteiger partial charge on any atom is -0.465 e. The van der Waals surface area contributed by atoms with Crippen LogP contribution in [0, 0.1) is 0 Å². The van der Waals surface area contributed by atoms with Crippen molar-refractivity contribution in [1.29, 1.82) is 0 Å². The van der Waals surface area contributed by atoms with Crippen LogP contribution in [0.3, 0.4) is 0 Å². The van der Waals surface area contributed by atoms with E-state index < -0.39 is 18.0 Å². The Morgan fingerprint density at radius 3 is 2.96 bits per heavy atom. The summed E-state index contributed by atoms with van der Waals surface area (Å²) in [6, 6.07) is 3.01. The first-order chi connectivity index (χ1) is 12.1. The lowest BCUT2D eigenvalue weighted by atomic mass is 10.2. The van der Waals surface area contributed by atoms with Crippen LogP contribution in [0.1, 0.15) is 11.8 Å². The molecule has 1 aliphatic heterocycles. The molecular weight excluding hydrogens is 362 g/mol. The molecule has 1 fully saturated rings. The van der Waals surface area contributed by atoms with E-state index in [1.165, 1.54) is 4.88 Å². The van der Waals surface area contributed by atoms with Gasteiger partial charge in [0.2, 0.25) is 5.91 Å². The van der Waals surface area contributed by atoms with Gasteiger partial charge in [-0.3, -0.25) is 19.8 Å². The zero-order valence-electron chi connectivity index (χ0n) is 14.2. The van der Waals surface area contributed by atoms with Gasteiger partial charge in [-0.15, -0.1) is 11.3 Å². The minimum atomic E-state index is -0.513. The molecule has 25 heavy (non-hydrogen) atoms. The topological polar surface area (TPSA) is 87.7 Å². The van der Waals surface area contributed by atoms with Gasteiger partial charge in [0, 0.05) is 29.5 Å². The number of ether oxygens (including phenoxy) is 1. The van der Waals surface area contributed by atoms with Crippen LogP contribution in [-0.4, -0.2) is 66.6 Å². The number of imide groups is 1. The summed E-state index contributed by atoms with van der Waals surface area (Å²) in [5.74, 6) is 0.702. The Bertz CT molecular complexity index is 580. The van der Waals surface area contributed by atoms with Gasteiger partial charge in [-0.25, -0.2) is 4.79 Å². The quantitative estimate of drug-likeness (QED) is 0.684. The third-order valence-electron chi connectivity index (χ3n) is 3.63. The van der Waals surface area contributed by atoms with Gasteiger partial charge in [0.1, 0.15) is 6.04 Å². The van der Waals surface area contributed by atoms with Gasteiger partial charge in [-0.1, -0.05) is 6.07 Å². The van der Waals surface area contributed by atoms with Gasteiger partial charge >= 0.3 is 12.0 Å². The maximum absolute atomic E-state index is 12.1. The molecule has 0 aromatic carbocycles. The summed E-state index contributed by atoms with van der Waals surface area (Å²) in [5, 5.41) is 6.96. The number of carbonyl (C=O) groups is 3. The van der Waals surface area contributed by atoms with E-state index >= 15 is 0 Å². The number of urea groups is 1. The molecule has 0 unspecified atom stereocenters. The Morgan fingerprint density at radius 2 is 2.24 bits per heavy atom. The minimum absolute atomic E-state index is 0.00237. The molecule has 0 saturated carbocycles. The molecule has 3 amide bonds. The van der Waals surface area contributed by atoms with E-state index in [2.05, 4.69) is 10.6 Å². The summed E-state index contributed by atoms with van der Waals surface area (Å²) in [7, 11) is 0. The molecule has 2 N–H and O–H groups in total. The Balaban J connectivity index is 1.73. The molecule has 0 spiro atoms. The zero-order chi connectivity index (χ0) is 18.1. The number of carbonyl (C=O) groups excluding carboxylic acids is 3. The highest BCUT2D eigenvalue weighted by atomic mass is 32.2. The fraction of sp³-hybridized carbons (Fsp3) is 0.562. The SMILES string of the molecule is CCOC(=O)[C@H]1CSCCN1CC(=O)NC(=O)NCCc1cccs1. The van der Waals surface area contributed by atoms with Crippen molar-refractivity contribution in [3.8, 4) is 0 Å². The van der Waals surface area contributed by atoms with Crippen molar-refractivity contribution in [3.63, 3.8) is 0 Å². The van der Waals surface area contributed by atoms with Crippen molar-refractivity contribution in [2.24, 2.45) is 0 Å². The molecule has 0 bridgehead atoms. The highest BCUT2D eigenvalue weighted by Crippen LogP contribution is 2.17. The highest BCUT2D eigenvalue weighted by Gasteiger charge is 2.31. The molecule has 0 aliphatic carbocycles. The Labute approximate surface area is 155 Å². The summed E-state index contributed by atoms with van der Waals surface area (Å²) >= 11 is 3.29. The van der Waals surface area contributed by atoms with Crippen molar-refractivity contribution in [3.05, 3.63) is 22.4 Å². The van der Waals surface area contributed by atoms with Gasteiger partial charge in [-0.2, -0.15) is 11.8 Å². The number of hydrogen-bond donors (Lipinski definition) is 2. The smallest absolute Gasteiger partial charge is 0.324 e. The summed E-state index contributed by atoms with van der Waals surface area (Å²) in [5.41, 5.74) is 0. The van der Waals surface area contributed by atoms with Crippen molar-refractivity contribution in [1.82, 2.24) is 15.5 Å². The third-order valence-corrected chi connectivity index (χ3v) is 5.59. The molecule has 138 valence electrons. The first-order valence-electron chi connectivity index (χ1n) is 8.18. The molecule has 1 aromatic rings. The Hall–Kier alpha value is -1.58. The first-order valence-corrected chi connectivity index (χ1v) is 10.2. The molecule has 2 heterocycles.